The van der Waals surface area contributed by atoms with Crippen molar-refractivity contribution in [1.82, 2.24) is 0 Å². The van der Waals surface area contributed by atoms with E-state index in [-0.39, 0.29) is 6.04 Å². The molecule has 1 saturated carbocycles. The van der Waals surface area contributed by atoms with Gasteiger partial charge in [-0.15, -0.1) is 0 Å². The van der Waals surface area contributed by atoms with E-state index >= 15 is 0 Å². The van der Waals surface area contributed by atoms with Crippen molar-refractivity contribution >= 4 is 5.69 Å². The van der Waals surface area contributed by atoms with Crippen molar-refractivity contribution in [2.45, 2.75) is 44.4 Å². The van der Waals surface area contributed by atoms with Crippen LogP contribution >= 0.6 is 0 Å². The van der Waals surface area contributed by atoms with E-state index in [2.05, 4.69) is 29.2 Å². The Bertz CT molecular complexity index is 401. The molecule has 18 heavy (non-hydrogen) atoms. The molecule has 1 aromatic rings. The standard InChI is InChI=1S/C15H22N2O/c1-11(16)12-5-7-13(8-6-12)17-9-10-18-15-4-2-3-14(15)17/h5-8,11,14-15H,2-4,9-10,16H2,1H3. The van der Waals surface area contributed by atoms with Crippen LogP contribution in [0.15, 0.2) is 24.3 Å². The van der Waals surface area contributed by atoms with Crippen LogP contribution < -0.4 is 10.6 Å². The Morgan fingerprint density at radius 2 is 2.06 bits per heavy atom. The highest BCUT2D eigenvalue weighted by molar-refractivity contribution is 5.50. The molecule has 2 N–H and O–H groups in total. The molecule has 0 spiro atoms. The summed E-state index contributed by atoms with van der Waals surface area (Å²) in [5, 5.41) is 0. The molecule has 3 rings (SSSR count). The molecule has 3 atom stereocenters. The summed E-state index contributed by atoms with van der Waals surface area (Å²) in [5.74, 6) is 0. The maximum atomic E-state index is 5.89. The zero-order valence-electron chi connectivity index (χ0n) is 11.0. The molecule has 3 heteroatoms. The quantitative estimate of drug-likeness (QED) is 0.871. The lowest BCUT2D eigenvalue weighted by Crippen LogP contribution is -2.48. The Hall–Kier alpha value is -1.06. The highest BCUT2D eigenvalue weighted by Crippen LogP contribution is 2.33. The minimum absolute atomic E-state index is 0.114. The van der Waals surface area contributed by atoms with E-state index in [0.29, 0.717) is 12.1 Å². The Morgan fingerprint density at radius 3 is 2.78 bits per heavy atom. The van der Waals surface area contributed by atoms with Crippen LogP contribution in [0.5, 0.6) is 0 Å². The van der Waals surface area contributed by atoms with Crippen LogP contribution in [0.25, 0.3) is 0 Å². The molecule has 1 saturated heterocycles. The van der Waals surface area contributed by atoms with Crippen molar-refractivity contribution in [3.8, 4) is 0 Å². The Balaban J connectivity index is 1.80. The number of nitrogens with zero attached hydrogens (tertiary/aromatic N) is 1. The maximum absolute atomic E-state index is 5.89. The third-order valence-corrected chi connectivity index (χ3v) is 4.23. The number of rotatable bonds is 2. The summed E-state index contributed by atoms with van der Waals surface area (Å²) in [5.41, 5.74) is 8.42. The highest BCUT2D eigenvalue weighted by Gasteiger charge is 2.35. The summed E-state index contributed by atoms with van der Waals surface area (Å²) in [6, 6.07) is 9.42. The predicted molar refractivity (Wildman–Crippen MR) is 73.8 cm³/mol. The molecule has 2 aliphatic rings. The third-order valence-electron chi connectivity index (χ3n) is 4.23. The Morgan fingerprint density at radius 1 is 1.28 bits per heavy atom. The molecule has 3 unspecified atom stereocenters. The predicted octanol–water partition coefficient (Wildman–Crippen LogP) is 2.46. The molecule has 1 aliphatic carbocycles. The van der Waals surface area contributed by atoms with Gasteiger partial charge in [0.15, 0.2) is 0 Å². The number of fused-ring (bicyclic) bond motifs is 1. The molecular formula is C15H22N2O. The van der Waals surface area contributed by atoms with Gasteiger partial charge in [-0.2, -0.15) is 0 Å². The molecule has 1 aliphatic heterocycles. The van der Waals surface area contributed by atoms with Gasteiger partial charge in [0, 0.05) is 18.3 Å². The van der Waals surface area contributed by atoms with Gasteiger partial charge in [0.1, 0.15) is 0 Å². The largest absolute Gasteiger partial charge is 0.374 e. The average molecular weight is 246 g/mol. The minimum atomic E-state index is 0.114. The number of morpholine rings is 1. The van der Waals surface area contributed by atoms with Gasteiger partial charge in [0.2, 0.25) is 0 Å². The van der Waals surface area contributed by atoms with Crippen LogP contribution in [-0.4, -0.2) is 25.3 Å². The second-order valence-corrected chi connectivity index (χ2v) is 5.48. The molecule has 0 radical (unpaired) electrons. The van der Waals surface area contributed by atoms with Crippen LogP contribution in [0.2, 0.25) is 0 Å². The van der Waals surface area contributed by atoms with E-state index < -0.39 is 0 Å². The van der Waals surface area contributed by atoms with E-state index in [1.165, 1.54) is 30.5 Å². The van der Waals surface area contributed by atoms with Crippen LogP contribution in [-0.2, 0) is 4.74 Å². The van der Waals surface area contributed by atoms with E-state index in [4.69, 9.17) is 10.5 Å². The topological polar surface area (TPSA) is 38.5 Å². The normalized spacial score (nSPS) is 29.1. The smallest absolute Gasteiger partial charge is 0.0779 e. The van der Waals surface area contributed by atoms with Crippen LogP contribution in [0.3, 0.4) is 0 Å². The van der Waals surface area contributed by atoms with Gasteiger partial charge < -0.3 is 15.4 Å². The summed E-state index contributed by atoms with van der Waals surface area (Å²) in [7, 11) is 0. The molecule has 1 aromatic carbocycles. The van der Waals surface area contributed by atoms with Gasteiger partial charge in [-0.1, -0.05) is 12.1 Å². The lowest BCUT2D eigenvalue weighted by molar-refractivity contribution is 0.0256. The minimum Gasteiger partial charge on any atom is -0.374 e. The van der Waals surface area contributed by atoms with Gasteiger partial charge in [0.05, 0.1) is 18.8 Å². The van der Waals surface area contributed by atoms with Crippen LogP contribution in [0.1, 0.15) is 37.8 Å². The first kappa shape index (κ1) is 12.0. The van der Waals surface area contributed by atoms with Crippen molar-refractivity contribution < 1.29 is 4.74 Å². The first-order valence-electron chi connectivity index (χ1n) is 6.99. The molecule has 1 heterocycles. The van der Waals surface area contributed by atoms with Gasteiger partial charge in [-0.05, 0) is 43.9 Å². The fourth-order valence-electron chi connectivity index (χ4n) is 3.22. The number of anilines is 1. The summed E-state index contributed by atoms with van der Waals surface area (Å²) >= 11 is 0. The highest BCUT2D eigenvalue weighted by atomic mass is 16.5. The first-order valence-corrected chi connectivity index (χ1v) is 6.99. The zero-order chi connectivity index (χ0) is 12.5. The Labute approximate surface area is 109 Å². The molecule has 0 amide bonds. The van der Waals surface area contributed by atoms with E-state index in [0.717, 1.165) is 13.2 Å². The molecule has 2 fully saturated rings. The SMILES string of the molecule is CC(N)c1ccc(N2CCOC3CCCC32)cc1. The molecule has 0 bridgehead atoms. The fourth-order valence-corrected chi connectivity index (χ4v) is 3.22. The number of ether oxygens (including phenoxy) is 1. The van der Waals surface area contributed by atoms with Crippen molar-refractivity contribution in [2.75, 3.05) is 18.1 Å². The Kier molecular flexibility index (Phi) is 3.27. The summed E-state index contributed by atoms with van der Waals surface area (Å²) in [6.45, 7) is 3.89. The van der Waals surface area contributed by atoms with Gasteiger partial charge in [-0.25, -0.2) is 0 Å². The van der Waals surface area contributed by atoms with Crippen molar-refractivity contribution in [1.29, 1.82) is 0 Å². The lowest BCUT2D eigenvalue weighted by Gasteiger charge is -2.39. The van der Waals surface area contributed by atoms with Crippen LogP contribution in [0, 0.1) is 0 Å². The summed E-state index contributed by atoms with van der Waals surface area (Å²) in [4.78, 5) is 2.52. The molecule has 0 aromatic heterocycles. The zero-order valence-corrected chi connectivity index (χ0v) is 11.0. The van der Waals surface area contributed by atoms with Gasteiger partial charge in [0.25, 0.3) is 0 Å². The average Bonchev–Trinajstić information content (AvgIpc) is 2.87. The summed E-state index contributed by atoms with van der Waals surface area (Å²) < 4.78 is 5.85. The first-order chi connectivity index (χ1) is 8.75. The number of hydrogen-bond donors (Lipinski definition) is 1. The third kappa shape index (κ3) is 2.13. The molecular weight excluding hydrogens is 224 g/mol. The summed E-state index contributed by atoms with van der Waals surface area (Å²) in [6.07, 6.45) is 4.23. The molecule has 98 valence electrons. The number of hydrogen-bond acceptors (Lipinski definition) is 3. The van der Waals surface area contributed by atoms with Gasteiger partial charge in [-0.3, -0.25) is 0 Å². The fraction of sp³-hybridized carbons (Fsp3) is 0.600. The van der Waals surface area contributed by atoms with Crippen LogP contribution in [0.4, 0.5) is 5.69 Å². The molecule has 3 nitrogen and oxygen atoms in total. The number of nitrogens with two attached hydrogens (primary N) is 1. The maximum Gasteiger partial charge on any atom is 0.0779 e. The monoisotopic (exact) mass is 246 g/mol. The second-order valence-electron chi connectivity index (χ2n) is 5.48. The van der Waals surface area contributed by atoms with Gasteiger partial charge >= 0.3 is 0 Å². The lowest BCUT2D eigenvalue weighted by atomic mass is 10.1. The van der Waals surface area contributed by atoms with Crippen molar-refractivity contribution in [2.24, 2.45) is 5.73 Å². The van der Waals surface area contributed by atoms with E-state index in [1.54, 1.807) is 0 Å². The van der Waals surface area contributed by atoms with E-state index in [9.17, 15) is 0 Å². The van der Waals surface area contributed by atoms with Crippen molar-refractivity contribution in [3.05, 3.63) is 29.8 Å². The number of benzene rings is 1. The second kappa shape index (κ2) is 4.90. The van der Waals surface area contributed by atoms with Crippen molar-refractivity contribution in [3.63, 3.8) is 0 Å². The van der Waals surface area contributed by atoms with E-state index in [1.807, 2.05) is 6.92 Å².